The first-order valence-corrected chi connectivity index (χ1v) is 11.3. The van der Waals surface area contributed by atoms with Crippen LogP contribution >= 0.6 is 0 Å². The van der Waals surface area contributed by atoms with E-state index >= 15 is 0 Å². The van der Waals surface area contributed by atoms with E-state index in [1.165, 1.54) is 50.0 Å². The normalized spacial score (nSPS) is 15.4. The number of nitrogens with one attached hydrogen (secondary N) is 2. The van der Waals surface area contributed by atoms with Gasteiger partial charge in [-0.2, -0.15) is 0 Å². The average molecular weight is 388 g/mol. The molecule has 0 unspecified atom stereocenters. The van der Waals surface area contributed by atoms with Gasteiger partial charge in [-0.15, -0.1) is 0 Å². The van der Waals surface area contributed by atoms with Crippen LogP contribution in [0.1, 0.15) is 40.7 Å². The molecule has 144 valence electrons. The number of amides is 1. The standard InChI is InChI=1S/C21H26N2O3S/c1-27(25,26)20-11-9-17(10-12-20)21(24)22-15-18-7-3-4-8-19(18)16-23-13-5-2-6-14-23/h3-4,7-12H,2,5-6,13-16H2,1H3,(H,22,24)/p+1. The van der Waals surface area contributed by atoms with Crippen LogP contribution in [0.4, 0.5) is 0 Å². The van der Waals surface area contributed by atoms with Crippen molar-refractivity contribution in [3.05, 3.63) is 65.2 Å². The number of hydrogen-bond donors (Lipinski definition) is 2. The Balaban J connectivity index is 1.63. The van der Waals surface area contributed by atoms with Crippen LogP contribution in [-0.2, 0) is 22.9 Å². The zero-order valence-electron chi connectivity index (χ0n) is 15.7. The van der Waals surface area contributed by atoms with E-state index in [1.807, 2.05) is 12.1 Å². The third kappa shape index (κ3) is 5.40. The summed E-state index contributed by atoms with van der Waals surface area (Å²) in [4.78, 5) is 14.2. The van der Waals surface area contributed by atoms with Crippen molar-refractivity contribution in [2.45, 2.75) is 37.2 Å². The number of carbonyl (C=O) groups is 1. The molecular weight excluding hydrogens is 360 g/mol. The van der Waals surface area contributed by atoms with Gasteiger partial charge in [-0.25, -0.2) is 8.42 Å². The van der Waals surface area contributed by atoms with Gasteiger partial charge in [-0.1, -0.05) is 24.3 Å². The van der Waals surface area contributed by atoms with Gasteiger partial charge in [0.15, 0.2) is 9.84 Å². The van der Waals surface area contributed by atoms with E-state index in [0.29, 0.717) is 12.1 Å². The zero-order chi connectivity index (χ0) is 19.3. The van der Waals surface area contributed by atoms with E-state index in [9.17, 15) is 13.2 Å². The molecule has 1 saturated heterocycles. The number of hydrogen-bond acceptors (Lipinski definition) is 3. The fraction of sp³-hybridized carbons (Fsp3) is 0.381. The van der Waals surface area contributed by atoms with Crippen LogP contribution in [0.25, 0.3) is 0 Å². The van der Waals surface area contributed by atoms with Crippen molar-refractivity contribution in [3.63, 3.8) is 0 Å². The van der Waals surface area contributed by atoms with Gasteiger partial charge >= 0.3 is 0 Å². The van der Waals surface area contributed by atoms with Crippen LogP contribution in [0.2, 0.25) is 0 Å². The lowest BCUT2D eigenvalue weighted by molar-refractivity contribution is -0.918. The zero-order valence-corrected chi connectivity index (χ0v) is 16.5. The number of rotatable bonds is 6. The first kappa shape index (κ1) is 19.6. The van der Waals surface area contributed by atoms with E-state index in [4.69, 9.17) is 0 Å². The van der Waals surface area contributed by atoms with Crippen molar-refractivity contribution in [2.75, 3.05) is 19.3 Å². The molecule has 6 heteroatoms. The van der Waals surface area contributed by atoms with Gasteiger partial charge in [-0.05, 0) is 49.1 Å². The van der Waals surface area contributed by atoms with Gasteiger partial charge in [0.2, 0.25) is 0 Å². The number of quaternary nitrogens is 1. The predicted octanol–water partition coefficient (Wildman–Crippen LogP) is 1.59. The smallest absolute Gasteiger partial charge is 0.251 e. The molecule has 2 aromatic rings. The van der Waals surface area contributed by atoms with Crippen LogP contribution < -0.4 is 10.2 Å². The highest BCUT2D eigenvalue weighted by molar-refractivity contribution is 7.90. The number of sulfone groups is 1. The molecule has 2 N–H and O–H groups in total. The Morgan fingerprint density at radius 3 is 2.22 bits per heavy atom. The van der Waals surface area contributed by atoms with Gasteiger partial charge in [0.1, 0.15) is 6.54 Å². The molecule has 0 aromatic heterocycles. The van der Waals surface area contributed by atoms with E-state index < -0.39 is 9.84 Å². The summed E-state index contributed by atoms with van der Waals surface area (Å²) in [6.07, 6.45) is 5.07. The van der Waals surface area contributed by atoms with Gasteiger partial charge in [0, 0.05) is 23.9 Å². The van der Waals surface area contributed by atoms with E-state index in [1.54, 1.807) is 17.0 Å². The molecule has 1 heterocycles. The maximum Gasteiger partial charge on any atom is 0.251 e. The second kappa shape index (κ2) is 8.67. The van der Waals surface area contributed by atoms with Gasteiger partial charge in [0.05, 0.1) is 18.0 Å². The summed E-state index contributed by atoms with van der Waals surface area (Å²) in [5, 5.41) is 2.95. The fourth-order valence-electron chi connectivity index (χ4n) is 3.53. The summed E-state index contributed by atoms with van der Waals surface area (Å²) in [6.45, 7) is 3.89. The molecule has 3 rings (SSSR count). The highest BCUT2D eigenvalue weighted by Crippen LogP contribution is 2.12. The van der Waals surface area contributed by atoms with Gasteiger partial charge in [0.25, 0.3) is 5.91 Å². The van der Waals surface area contributed by atoms with Crippen molar-refractivity contribution in [1.29, 1.82) is 0 Å². The van der Waals surface area contributed by atoms with E-state index in [2.05, 4.69) is 17.4 Å². The van der Waals surface area contributed by atoms with Crippen molar-refractivity contribution in [1.82, 2.24) is 5.32 Å². The largest absolute Gasteiger partial charge is 0.348 e. The maximum atomic E-state index is 12.4. The lowest BCUT2D eigenvalue weighted by Crippen LogP contribution is -3.11. The maximum absolute atomic E-state index is 12.4. The monoisotopic (exact) mass is 387 g/mol. The predicted molar refractivity (Wildman–Crippen MR) is 105 cm³/mol. The first-order chi connectivity index (χ1) is 12.9. The number of carbonyl (C=O) groups excluding carboxylic acids is 1. The van der Waals surface area contributed by atoms with Crippen molar-refractivity contribution in [3.8, 4) is 0 Å². The minimum atomic E-state index is -3.25. The average Bonchev–Trinajstić information content (AvgIpc) is 2.67. The third-order valence-corrected chi connectivity index (χ3v) is 6.23. The van der Waals surface area contributed by atoms with Gasteiger partial charge < -0.3 is 10.2 Å². The molecule has 1 aliphatic heterocycles. The Morgan fingerprint density at radius 2 is 1.59 bits per heavy atom. The fourth-order valence-corrected chi connectivity index (χ4v) is 4.16. The van der Waals surface area contributed by atoms with Crippen molar-refractivity contribution in [2.24, 2.45) is 0 Å². The Kier molecular flexibility index (Phi) is 6.29. The second-order valence-corrected chi connectivity index (χ2v) is 9.25. The summed E-state index contributed by atoms with van der Waals surface area (Å²) >= 11 is 0. The third-order valence-electron chi connectivity index (χ3n) is 5.10. The molecule has 0 saturated carbocycles. The molecule has 1 amide bonds. The first-order valence-electron chi connectivity index (χ1n) is 9.42. The molecule has 1 aliphatic rings. The summed E-state index contributed by atoms with van der Waals surface area (Å²) in [6, 6.07) is 14.3. The molecule has 0 bridgehead atoms. The molecule has 0 radical (unpaired) electrons. The van der Waals surface area contributed by atoms with Crippen LogP contribution in [0.15, 0.2) is 53.4 Å². The van der Waals surface area contributed by atoms with Crippen LogP contribution in [0.3, 0.4) is 0 Å². The molecule has 0 spiro atoms. The highest BCUT2D eigenvalue weighted by Gasteiger charge is 2.16. The molecule has 0 atom stereocenters. The topological polar surface area (TPSA) is 67.7 Å². The summed E-state index contributed by atoms with van der Waals surface area (Å²) in [7, 11) is -3.25. The molecule has 1 fully saturated rings. The van der Waals surface area contributed by atoms with E-state index in [-0.39, 0.29) is 10.8 Å². The van der Waals surface area contributed by atoms with Crippen molar-refractivity contribution < 1.29 is 18.1 Å². The Labute approximate surface area is 161 Å². The lowest BCUT2D eigenvalue weighted by Gasteiger charge is -2.24. The Morgan fingerprint density at radius 1 is 0.963 bits per heavy atom. The SMILES string of the molecule is CS(=O)(=O)c1ccc(C(=O)NCc2ccccc2C[NH+]2CCCCC2)cc1. The lowest BCUT2D eigenvalue weighted by atomic mass is 10.0. The van der Waals surface area contributed by atoms with Crippen LogP contribution in [-0.4, -0.2) is 33.7 Å². The molecule has 2 aromatic carbocycles. The number of likely N-dealkylation sites (tertiary alicyclic amines) is 1. The quantitative estimate of drug-likeness (QED) is 0.791. The number of benzene rings is 2. The van der Waals surface area contributed by atoms with Gasteiger partial charge in [-0.3, -0.25) is 4.79 Å². The van der Waals surface area contributed by atoms with Crippen molar-refractivity contribution >= 4 is 15.7 Å². The number of piperidine rings is 1. The highest BCUT2D eigenvalue weighted by atomic mass is 32.2. The van der Waals surface area contributed by atoms with Crippen LogP contribution in [0.5, 0.6) is 0 Å². The Bertz CT molecular complexity index is 886. The summed E-state index contributed by atoms with van der Waals surface area (Å²) < 4.78 is 23.0. The minimum Gasteiger partial charge on any atom is -0.348 e. The molecular formula is C21H27N2O3S+. The van der Waals surface area contributed by atoms with Crippen LogP contribution in [0, 0.1) is 0 Å². The molecule has 5 nitrogen and oxygen atoms in total. The molecule has 27 heavy (non-hydrogen) atoms. The second-order valence-electron chi connectivity index (χ2n) is 7.24. The minimum absolute atomic E-state index is 0.199. The summed E-state index contributed by atoms with van der Waals surface area (Å²) in [5.41, 5.74) is 2.88. The van der Waals surface area contributed by atoms with E-state index in [0.717, 1.165) is 18.4 Å². The Hall–Kier alpha value is -2.18. The summed E-state index contributed by atoms with van der Waals surface area (Å²) in [5.74, 6) is -0.199. The molecule has 0 aliphatic carbocycles.